The SMILES string of the molecule is CCc1c(F)ccc2cc(O)cc(-c3ncc4c(N5CCC[C@]6(CCO6)C5)nc(OC[C@]5(C)CN(C)CC[C@@H]5C(F)F)nc4c3F)c12. The summed E-state index contributed by atoms with van der Waals surface area (Å²) in [6, 6.07) is 5.64. The molecule has 12 heteroatoms. The molecule has 0 bridgehead atoms. The molecule has 0 radical (unpaired) electrons. The number of fused-ring (bicyclic) bond motifs is 2. The third kappa shape index (κ3) is 5.62. The number of alkyl halides is 2. The number of aromatic hydroxyl groups is 1. The maximum absolute atomic E-state index is 16.9. The second-order valence-corrected chi connectivity index (χ2v) is 13.7. The number of anilines is 1. The smallest absolute Gasteiger partial charge is 0.319 e. The molecule has 8 nitrogen and oxygen atoms in total. The van der Waals surface area contributed by atoms with Crippen LogP contribution < -0.4 is 9.64 Å². The number of pyridine rings is 1. The third-order valence-electron chi connectivity index (χ3n) is 10.4. The number of rotatable bonds is 7. The van der Waals surface area contributed by atoms with Crippen LogP contribution in [0.1, 0.15) is 45.1 Å². The van der Waals surface area contributed by atoms with Crippen molar-refractivity contribution in [2.24, 2.45) is 11.3 Å². The Balaban J connectivity index is 1.36. The van der Waals surface area contributed by atoms with Crippen molar-refractivity contribution in [1.29, 1.82) is 0 Å². The van der Waals surface area contributed by atoms with Crippen molar-refractivity contribution in [3.05, 3.63) is 47.7 Å². The molecule has 1 spiro atoms. The molecule has 3 saturated heterocycles. The fraction of sp³-hybridized carbons (Fsp3) is 0.514. The number of aryl methyl sites for hydroxylation is 1. The minimum Gasteiger partial charge on any atom is -0.508 e. The Labute approximate surface area is 270 Å². The topological polar surface area (TPSA) is 83.8 Å². The number of ether oxygens (including phenoxy) is 2. The molecule has 3 fully saturated rings. The van der Waals surface area contributed by atoms with Crippen molar-refractivity contribution in [2.75, 3.05) is 51.3 Å². The quantitative estimate of drug-likeness (QED) is 0.220. The van der Waals surface area contributed by atoms with Crippen LogP contribution in [-0.2, 0) is 11.2 Å². The summed E-state index contributed by atoms with van der Waals surface area (Å²) >= 11 is 0. The molecule has 2 aromatic carbocycles. The summed E-state index contributed by atoms with van der Waals surface area (Å²) in [5, 5.41) is 11.9. The lowest BCUT2D eigenvalue weighted by molar-refractivity contribution is -0.151. The van der Waals surface area contributed by atoms with Crippen LogP contribution in [0.2, 0.25) is 0 Å². The summed E-state index contributed by atoms with van der Waals surface area (Å²) < 4.78 is 72.3. The first-order valence-corrected chi connectivity index (χ1v) is 16.3. The molecule has 47 heavy (non-hydrogen) atoms. The van der Waals surface area contributed by atoms with Gasteiger partial charge in [-0.15, -0.1) is 0 Å². The van der Waals surface area contributed by atoms with Crippen LogP contribution in [0.15, 0.2) is 30.5 Å². The summed E-state index contributed by atoms with van der Waals surface area (Å²) in [7, 11) is 1.89. The Morgan fingerprint density at radius 3 is 2.66 bits per heavy atom. The monoisotopic (exact) mass is 653 g/mol. The zero-order valence-electron chi connectivity index (χ0n) is 26.8. The lowest BCUT2D eigenvalue weighted by Crippen LogP contribution is -2.56. The normalized spacial score (nSPS) is 25.2. The number of likely N-dealkylation sites (tertiary alicyclic amines) is 1. The molecule has 5 heterocycles. The van der Waals surface area contributed by atoms with Gasteiger partial charge in [0.1, 0.15) is 28.6 Å². The minimum atomic E-state index is -2.52. The van der Waals surface area contributed by atoms with Crippen LogP contribution in [0.4, 0.5) is 23.4 Å². The predicted octanol–water partition coefficient (Wildman–Crippen LogP) is 6.75. The van der Waals surface area contributed by atoms with Crippen LogP contribution in [0.25, 0.3) is 32.9 Å². The molecule has 3 aliphatic heterocycles. The van der Waals surface area contributed by atoms with E-state index in [0.717, 1.165) is 19.3 Å². The van der Waals surface area contributed by atoms with E-state index in [-0.39, 0.29) is 40.7 Å². The molecular weight excluding hydrogens is 614 g/mol. The van der Waals surface area contributed by atoms with Gasteiger partial charge in [0.15, 0.2) is 5.82 Å². The first-order chi connectivity index (χ1) is 22.5. The van der Waals surface area contributed by atoms with E-state index in [2.05, 4.69) is 9.97 Å². The van der Waals surface area contributed by atoms with Gasteiger partial charge in [-0.25, -0.2) is 17.6 Å². The molecule has 4 aromatic rings. The van der Waals surface area contributed by atoms with Crippen molar-refractivity contribution in [3.63, 3.8) is 0 Å². The van der Waals surface area contributed by atoms with Crippen LogP contribution >= 0.6 is 0 Å². The van der Waals surface area contributed by atoms with Gasteiger partial charge in [-0.2, -0.15) is 9.97 Å². The summed E-state index contributed by atoms with van der Waals surface area (Å²) in [4.78, 5) is 17.8. The third-order valence-corrected chi connectivity index (χ3v) is 10.4. The number of phenols is 1. The van der Waals surface area contributed by atoms with Crippen molar-refractivity contribution in [2.45, 2.75) is 58.0 Å². The number of nitrogens with zero attached hydrogens (tertiary/aromatic N) is 5. The highest BCUT2D eigenvalue weighted by Gasteiger charge is 2.45. The first-order valence-electron chi connectivity index (χ1n) is 16.3. The zero-order valence-corrected chi connectivity index (χ0v) is 26.8. The molecule has 0 unspecified atom stereocenters. The molecule has 3 atom stereocenters. The maximum Gasteiger partial charge on any atom is 0.319 e. The second-order valence-electron chi connectivity index (χ2n) is 13.7. The van der Waals surface area contributed by atoms with E-state index < -0.39 is 29.4 Å². The molecular formula is C35H39F4N5O3. The summed E-state index contributed by atoms with van der Waals surface area (Å²) in [6.45, 7) is 6.35. The fourth-order valence-corrected chi connectivity index (χ4v) is 7.87. The van der Waals surface area contributed by atoms with Crippen LogP contribution in [0.5, 0.6) is 11.8 Å². The Morgan fingerprint density at radius 1 is 1.13 bits per heavy atom. The van der Waals surface area contributed by atoms with Crippen molar-refractivity contribution >= 4 is 27.5 Å². The minimum absolute atomic E-state index is 0.0635. The van der Waals surface area contributed by atoms with Gasteiger partial charge >= 0.3 is 6.01 Å². The van der Waals surface area contributed by atoms with Gasteiger partial charge in [0, 0.05) is 49.1 Å². The van der Waals surface area contributed by atoms with Gasteiger partial charge in [-0.1, -0.05) is 19.9 Å². The Kier molecular flexibility index (Phi) is 8.15. The van der Waals surface area contributed by atoms with Crippen LogP contribution in [0, 0.1) is 23.0 Å². The number of aromatic nitrogens is 3. The number of phenolic OH excluding ortho intramolecular Hbond substituents is 1. The van der Waals surface area contributed by atoms with Gasteiger partial charge in [0.25, 0.3) is 0 Å². The summed E-state index contributed by atoms with van der Waals surface area (Å²) in [6.07, 6.45) is 2.32. The van der Waals surface area contributed by atoms with Crippen molar-refractivity contribution in [3.8, 4) is 23.0 Å². The zero-order chi connectivity index (χ0) is 33.1. The number of hydrogen-bond donors (Lipinski definition) is 1. The molecule has 1 N–H and O–H groups in total. The summed E-state index contributed by atoms with van der Waals surface area (Å²) in [5.41, 5.74) is -0.747. The van der Waals surface area contributed by atoms with Gasteiger partial charge in [-0.05, 0) is 73.8 Å². The van der Waals surface area contributed by atoms with E-state index in [4.69, 9.17) is 14.5 Å². The van der Waals surface area contributed by atoms with E-state index in [9.17, 15) is 18.3 Å². The van der Waals surface area contributed by atoms with E-state index in [1.165, 1.54) is 24.4 Å². The Hall–Kier alpha value is -3.77. The van der Waals surface area contributed by atoms with Crippen LogP contribution in [-0.4, -0.2) is 83.4 Å². The van der Waals surface area contributed by atoms with Crippen molar-refractivity contribution in [1.82, 2.24) is 19.9 Å². The maximum atomic E-state index is 16.9. The van der Waals surface area contributed by atoms with E-state index in [0.29, 0.717) is 73.2 Å². The Bertz CT molecular complexity index is 1840. The van der Waals surface area contributed by atoms with Crippen LogP contribution in [0.3, 0.4) is 0 Å². The largest absolute Gasteiger partial charge is 0.508 e. The number of piperidine rings is 2. The second kappa shape index (κ2) is 12.0. The average Bonchev–Trinajstić information content (AvgIpc) is 3.03. The molecule has 0 amide bonds. The van der Waals surface area contributed by atoms with Gasteiger partial charge in [-0.3, -0.25) is 4.98 Å². The predicted molar refractivity (Wildman–Crippen MR) is 171 cm³/mol. The van der Waals surface area contributed by atoms with Gasteiger partial charge in [0.2, 0.25) is 6.43 Å². The lowest BCUT2D eigenvalue weighted by atomic mass is 9.73. The van der Waals surface area contributed by atoms with Crippen molar-refractivity contribution < 1.29 is 32.1 Å². The Morgan fingerprint density at radius 2 is 1.94 bits per heavy atom. The molecule has 2 aromatic heterocycles. The van der Waals surface area contributed by atoms with E-state index >= 15 is 4.39 Å². The number of benzene rings is 2. The summed E-state index contributed by atoms with van der Waals surface area (Å²) in [5.74, 6) is -1.79. The van der Waals surface area contributed by atoms with E-state index in [1.807, 2.05) is 23.8 Å². The fourth-order valence-electron chi connectivity index (χ4n) is 7.87. The lowest BCUT2D eigenvalue weighted by Gasteiger charge is -2.48. The molecule has 250 valence electrons. The van der Waals surface area contributed by atoms with E-state index in [1.54, 1.807) is 13.0 Å². The number of hydrogen-bond acceptors (Lipinski definition) is 8. The highest BCUT2D eigenvalue weighted by molar-refractivity contribution is 6.01. The average molecular weight is 654 g/mol. The molecule has 7 rings (SSSR count). The van der Waals surface area contributed by atoms with Gasteiger partial charge in [0.05, 0.1) is 24.2 Å². The number of halogens is 4. The highest BCUT2D eigenvalue weighted by Crippen LogP contribution is 2.43. The molecule has 3 aliphatic rings. The molecule has 0 aliphatic carbocycles. The molecule has 0 saturated carbocycles. The van der Waals surface area contributed by atoms with Gasteiger partial charge < -0.3 is 24.4 Å². The highest BCUT2D eigenvalue weighted by atomic mass is 19.3. The standard InChI is InChI=1S/C35H39F4N5O3/c1-4-22-26(36)7-6-20-14-21(45)15-23(27(20)22)29-28(37)30-24(16-40-29)32(44-11-5-9-35(18-44)10-13-47-35)42-33(41-30)46-19-34(2)17-43(3)12-8-25(34)31(38)39/h6-7,14-16,25,31,45H,4-5,8-13,17-19H2,1-3H3/t25-,34+,35+/m1/s1. The first kappa shape index (κ1) is 31.8.